The Morgan fingerprint density at radius 1 is 1.46 bits per heavy atom. The Morgan fingerprint density at radius 3 is 3.08 bits per heavy atom. The lowest BCUT2D eigenvalue weighted by molar-refractivity contribution is 0.0108. The van der Waals surface area contributed by atoms with E-state index in [2.05, 4.69) is 9.97 Å². The SMILES string of the molecule is Oc1cncnc1C1CCCCO1. The summed E-state index contributed by atoms with van der Waals surface area (Å²) in [5.41, 5.74) is 0.620. The van der Waals surface area contributed by atoms with Gasteiger partial charge in [0.1, 0.15) is 18.1 Å². The third kappa shape index (κ3) is 1.78. The van der Waals surface area contributed by atoms with Gasteiger partial charge >= 0.3 is 0 Å². The van der Waals surface area contributed by atoms with Crippen molar-refractivity contribution in [3.8, 4) is 5.75 Å². The Kier molecular flexibility index (Phi) is 2.40. The molecular weight excluding hydrogens is 168 g/mol. The molecule has 0 radical (unpaired) electrons. The number of rotatable bonds is 1. The molecule has 1 unspecified atom stereocenters. The number of hydrogen-bond donors (Lipinski definition) is 1. The summed E-state index contributed by atoms with van der Waals surface area (Å²) >= 11 is 0. The van der Waals surface area contributed by atoms with Crippen LogP contribution in [0.1, 0.15) is 31.1 Å². The summed E-state index contributed by atoms with van der Waals surface area (Å²) in [6.07, 6.45) is 5.96. The summed E-state index contributed by atoms with van der Waals surface area (Å²) in [6, 6.07) is 0. The van der Waals surface area contributed by atoms with Crippen molar-refractivity contribution in [3.63, 3.8) is 0 Å². The van der Waals surface area contributed by atoms with Gasteiger partial charge in [0, 0.05) is 6.61 Å². The van der Waals surface area contributed by atoms with E-state index in [0.29, 0.717) is 5.69 Å². The zero-order chi connectivity index (χ0) is 9.10. The van der Waals surface area contributed by atoms with Gasteiger partial charge in [-0.1, -0.05) is 0 Å². The molecule has 0 amide bonds. The molecule has 70 valence electrons. The monoisotopic (exact) mass is 180 g/mol. The van der Waals surface area contributed by atoms with E-state index in [0.717, 1.165) is 25.9 Å². The standard InChI is InChI=1S/C9H12N2O2/c12-7-5-10-6-11-9(7)8-3-1-2-4-13-8/h5-6,8,12H,1-4H2. The van der Waals surface area contributed by atoms with Crippen LogP contribution in [0.5, 0.6) is 5.75 Å². The highest BCUT2D eigenvalue weighted by molar-refractivity contribution is 5.23. The number of hydrogen-bond acceptors (Lipinski definition) is 4. The normalized spacial score (nSPS) is 22.9. The predicted octanol–water partition coefficient (Wildman–Crippen LogP) is 1.42. The van der Waals surface area contributed by atoms with Gasteiger partial charge in [-0.2, -0.15) is 0 Å². The average Bonchev–Trinajstić information content (AvgIpc) is 2.20. The summed E-state index contributed by atoms with van der Waals surface area (Å²) in [4.78, 5) is 7.74. The molecule has 1 aromatic rings. The van der Waals surface area contributed by atoms with Gasteiger partial charge in [0.15, 0.2) is 5.75 Å². The molecule has 0 bridgehead atoms. The van der Waals surface area contributed by atoms with Crippen LogP contribution < -0.4 is 0 Å². The van der Waals surface area contributed by atoms with Crippen LogP contribution in [-0.2, 0) is 4.74 Å². The molecule has 4 heteroatoms. The third-order valence-electron chi connectivity index (χ3n) is 2.21. The summed E-state index contributed by atoms with van der Waals surface area (Å²) in [7, 11) is 0. The lowest BCUT2D eigenvalue weighted by Gasteiger charge is -2.22. The van der Waals surface area contributed by atoms with E-state index < -0.39 is 0 Å². The molecule has 1 saturated heterocycles. The van der Waals surface area contributed by atoms with Gasteiger partial charge in [-0.3, -0.25) is 0 Å². The van der Waals surface area contributed by atoms with Crippen molar-refractivity contribution in [2.24, 2.45) is 0 Å². The van der Waals surface area contributed by atoms with Crippen LogP contribution in [0, 0.1) is 0 Å². The first-order chi connectivity index (χ1) is 6.38. The van der Waals surface area contributed by atoms with Gasteiger partial charge < -0.3 is 9.84 Å². The van der Waals surface area contributed by atoms with Crippen LogP contribution in [0.2, 0.25) is 0 Å². The second-order valence-electron chi connectivity index (χ2n) is 3.15. The molecule has 0 aromatic carbocycles. The fourth-order valence-electron chi connectivity index (χ4n) is 1.54. The van der Waals surface area contributed by atoms with Crippen LogP contribution in [0.15, 0.2) is 12.5 Å². The highest BCUT2D eigenvalue weighted by atomic mass is 16.5. The zero-order valence-corrected chi connectivity index (χ0v) is 7.31. The second-order valence-corrected chi connectivity index (χ2v) is 3.15. The predicted molar refractivity (Wildman–Crippen MR) is 46.2 cm³/mol. The van der Waals surface area contributed by atoms with Crippen molar-refractivity contribution < 1.29 is 9.84 Å². The quantitative estimate of drug-likeness (QED) is 0.710. The van der Waals surface area contributed by atoms with Gasteiger partial charge in [0.25, 0.3) is 0 Å². The first-order valence-electron chi connectivity index (χ1n) is 4.48. The second kappa shape index (κ2) is 3.70. The number of nitrogens with zero attached hydrogens (tertiary/aromatic N) is 2. The molecule has 13 heavy (non-hydrogen) atoms. The highest BCUT2D eigenvalue weighted by Crippen LogP contribution is 2.30. The van der Waals surface area contributed by atoms with Crippen molar-refractivity contribution in [2.45, 2.75) is 25.4 Å². The van der Waals surface area contributed by atoms with E-state index in [4.69, 9.17) is 4.74 Å². The lowest BCUT2D eigenvalue weighted by Crippen LogP contribution is -2.13. The number of ether oxygens (including phenoxy) is 1. The molecule has 1 aliphatic heterocycles. The van der Waals surface area contributed by atoms with E-state index in [1.54, 1.807) is 0 Å². The molecular formula is C9H12N2O2. The van der Waals surface area contributed by atoms with Crippen LogP contribution in [-0.4, -0.2) is 21.7 Å². The minimum atomic E-state index is -0.0447. The smallest absolute Gasteiger partial charge is 0.158 e. The number of aromatic hydroxyl groups is 1. The molecule has 0 saturated carbocycles. The maximum Gasteiger partial charge on any atom is 0.158 e. The van der Waals surface area contributed by atoms with E-state index in [9.17, 15) is 5.11 Å². The van der Waals surface area contributed by atoms with E-state index in [-0.39, 0.29) is 11.9 Å². The van der Waals surface area contributed by atoms with E-state index in [1.807, 2.05) is 0 Å². The van der Waals surface area contributed by atoms with Gasteiger partial charge in [-0.05, 0) is 19.3 Å². The Morgan fingerprint density at radius 2 is 2.38 bits per heavy atom. The van der Waals surface area contributed by atoms with Crippen molar-refractivity contribution in [1.82, 2.24) is 9.97 Å². The number of aromatic nitrogens is 2. The van der Waals surface area contributed by atoms with Crippen LogP contribution in [0.25, 0.3) is 0 Å². The Labute approximate surface area is 76.6 Å². The van der Waals surface area contributed by atoms with Gasteiger partial charge in [0.2, 0.25) is 0 Å². The topological polar surface area (TPSA) is 55.2 Å². The molecule has 0 aliphatic carbocycles. The average molecular weight is 180 g/mol. The molecule has 1 fully saturated rings. The summed E-state index contributed by atoms with van der Waals surface area (Å²) in [5.74, 6) is 0.134. The van der Waals surface area contributed by atoms with Gasteiger partial charge in [0.05, 0.1) is 6.20 Å². The van der Waals surface area contributed by atoms with Gasteiger partial charge in [-0.15, -0.1) is 0 Å². The fourth-order valence-corrected chi connectivity index (χ4v) is 1.54. The largest absolute Gasteiger partial charge is 0.504 e. The molecule has 0 spiro atoms. The van der Waals surface area contributed by atoms with Crippen LogP contribution >= 0.6 is 0 Å². The molecule has 1 aliphatic rings. The van der Waals surface area contributed by atoms with Gasteiger partial charge in [-0.25, -0.2) is 9.97 Å². The summed E-state index contributed by atoms with van der Waals surface area (Å²) in [5, 5.41) is 9.46. The molecule has 2 heterocycles. The zero-order valence-electron chi connectivity index (χ0n) is 7.31. The Bertz CT molecular complexity index is 285. The highest BCUT2D eigenvalue weighted by Gasteiger charge is 2.20. The summed E-state index contributed by atoms with van der Waals surface area (Å²) < 4.78 is 5.49. The molecule has 4 nitrogen and oxygen atoms in total. The maximum atomic E-state index is 9.46. The molecule has 1 N–H and O–H groups in total. The minimum absolute atomic E-state index is 0.0447. The Balaban J connectivity index is 2.18. The molecule has 2 rings (SSSR count). The minimum Gasteiger partial charge on any atom is -0.504 e. The molecule has 1 aromatic heterocycles. The van der Waals surface area contributed by atoms with E-state index >= 15 is 0 Å². The van der Waals surface area contributed by atoms with Crippen LogP contribution in [0.3, 0.4) is 0 Å². The third-order valence-corrected chi connectivity index (χ3v) is 2.21. The maximum absolute atomic E-state index is 9.46. The first kappa shape index (κ1) is 8.44. The van der Waals surface area contributed by atoms with Crippen molar-refractivity contribution in [2.75, 3.05) is 6.61 Å². The van der Waals surface area contributed by atoms with Crippen molar-refractivity contribution in [3.05, 3.63) is 18.2 Å². The van der Waals surface area contributed by atoms with Crippen LogP contribution in [0.4, 0.5) is 0 Å². The van der Waals surface area contributed by atoms with Crippen molar-refractivity contribution >= 4 is 0 Å². The first-order valence-corrected chi connectivity index (χ1v) is 4.48. The Hall–Kier alpha value is -1.16. The van der Waals surface area contributed by atoms with E-state index in [1.165, 1.54) is 12.5 Å². The molecule has 1 atom stereocenters. The fraction of sp³-hybridized carbons (Fsp3) is 0.556. The summed E-state index contributed by atoms with van der Waals surface area (Å²) in [6.45, 7) is 0.758. The lowest BCUT2D eigenvalue weighted by atomic mass is 10.1. The van der Waals surface area contributed by atoms with Crippen molar-refractivity contribution in [1.29, 1.82) is 0 Å².